The smallest absolute Gasteiger partial charge is 0.243 e. The molecule has 0 N–H and O–H groups in total. The minimum absolute atomic E-state index is 0.0497. The molecule has 0 saturated carbocycles. The van der Waals surface area contributed by atoms with Gasteiger partial charge in [0.05, 0.1) is 29.1 Å². The summed E-state index contributed by atoms with van der Waals surface area (Å²) in [6.45, 7) is 3.68. The first-order valence-electron chi connectivity index (χ1n) is 10.8. The van der Waals surface area contributed by atoms with Crippen molar-refractivity contribution in [1.82, 2.24) is 14.1 Å². The maximum absolute atomic E-state index is 12.9. The SMILES string of the molecule is CC(c1cc2ccccc2o1)N(C)C(=O)CN1CCN(S(=O)(=O)c2ccc(C#N)cc2)CC1. The number of amides is 1. The zero-order valence-electron chi connectivity index (χ0n) is 18.6. The highest BCUT2D eigenvalue weighted by atomic mass is 32.2. The molecule has 4 rings (SSSR count). The van der Waals surface area contributed by atoms with Gasteiger partial charge >= 0.3 is 0 Å². The van der Waals surface area contributed by atoms with Crippen LogP contribution >= 0.6 is 0 Å². The van der Waals surface area contributed by atoms with Crippen molar-refractivity contribution in [1.29, 1.82) is 5.26 Å². The van der Waals surface area contributed by atoms with E-state index >= 15 is 0 Å². The molecular weight excluding hydrogens is 440 g/mol. The molecule has 1 aromatic heterocycles. The summed E-state index contributed by atoms with van der Waals surface area (Å²) >= 11 is 0. The van der Waals surface area contributed by atoms with Crippen molar-refractivity contribution >= 4 is 26.9 Å². The average Bonchev–Trinajstić information content (AvgIpc) is 3.28. The summed E-state index contributed by atoms with van der Waals surface area (Å²) in [4.78, 5) is 16.7. The first-order chi connectivity index (χ1) is 15.8. The van der Waals surface area contributed by atoms with E-state index in [-0.39, 0.29) is 23.4 Å². The second kappa shape index (κ2) is 9.35. The Bertz CT molecular complexity index is 1250. The number of carbonyl (C=O) groups is 1. The number of nitrogens with zero attached hydrogens (tertiary/aromatic N) is 4. The lowest BCUT2D eigenvalue weighted by atomic mass is 10.2. The van der Waals surface area contributed by atoms with E-state index < -0.39 is 10.0 Å². The Labute approximate surface area is 193 Å². The van der Waals surface area contributed by atoms with Crippen LogP contribution < -0.4 is 0 Å². The summed E-state index contributed by atoms with van der Waals surface area (Å²) in [5.41, 5.74) is 1.21. The topological polar surface area (TPSA) is 97.9 Å². The van der Waals surface area contributed by atoms with Gasteiger partial charge in [0.1, 0.15) is 11.3 Å². The van der Waals surface area contributed by atoms with Crippen LogP contribution in [0.2, 0.25) is 0 Å². The standard InChI is InChI=1S/C24H26N4O4S/c1-18(23-15-20-5-3-4-6-22(20)32-23)26(2)24(29)17-27-11-13-28(14-12-27)33(30,31)21-9-7-19(16-25)8-10-21/h3-10,15,18H,11-14,17H2,1-2H3. The monoisotopic (exact) mass is 466 g/mol. The maximum Gasteiger partial charge on any atom is 0.243 e. The number of carbonyl (C=O) groups excluding carboxylic acids is 1. The number of furan rings is 1. The highest BCUT2D eigenvalue weighted by Crippen LogP contribution is 2.27. The molecule has 1 saturated heterocycles. The van der Waals surface area contributed by atoms with Crippen molar-refractivity contribution in [2.75, 3.05) is 39.8 Å². The summed E-state index contributed by atoms with van der Waals surface area (Å²) in [7, 11) is -1.87. The quantitative estimate of drug-likeness (QED) is 0.554. The zero-order chi connectivity index (χ0) is 23.6. The highest BCUT2D eigenvalue weighted by molar-refractivity contribution is 7.89. The Balaban J connectivity index is 1.34. The van der Waals surface area contributed by atoms with Gasteiger partial charge in [-0.1, -0.05) is 18.2 Å². The summed E-state index contributed by atoms with van der Waals surface area (Å²) < 4.78 is 33.1. The second-order valence-corrected chi connectivity index (χ2v) is 10.1. The van der Waals surface area contributed by atoms with Crippen LogP contribution in [0, 0.1) is 11.3 Å². The number of fused-ring (bicyclic) bond motifs is 1. The molecule has 1 aliphatic rings. The van der Waals surface area contributed by atoms with Crippen LogP contribution in [0.5, 0.6) is 0 Å². The Morgan fingerprint density at radius 1 is 1.12 bits per heavy atom. The molecule has 0 bridgehead atoms. The molecule has 1 atom stereocenters. The van der Waals surface area contributed by atoms with Gasteiger partial charge in [-0.3, -0.25) is 9.69 Å². The third-order valence-corrected chi connectivity index (χ3v) is 8.05. The van der Waals surface area contributed by atoms with E-state index in [2.05, 4.69) is 0 Å². The van der Waals surface area contributed by atoms with Gasteiger partial charge in [0.2, 0.25) is 15.9 Å². The summed E-state index contributed by atoms with van der Waals surface area (Å²) in [5.74, 6) is 0.678. The Morgan fingerprint density at radius 2 is 1.79 bits per heavy atom. The number of benzene rings is 2. The number of likely N-dealkylation sites (N-methyl/N-ethyl adjacent to an activating group) is 1. The maximum atomic E-state index is 12.9. The summed E-state index contributed by atoms with van der Waals surface area (Å²) in [5, 5.41) is 9.90. The first kappa shape index (κ1) is 23.0. The highest BCUT2D eigenvalue weighted by Gasteiger charge is 2.30. The predicted octanol–water partition coefficient (Wildman–Crippen LogP) is 2.83. The normalized spacial score (nSPS) is 16.4. The Morgan fingerprint density at radius 3 is 2.42 bits per heavy atom. The van der Waals surface area contributed by atoms with Crippen molar-refractivity contribution < 1.29 is 17.6 Å². The fourth-order valence-electron chi connectivity index (χ4n) is 3.90. The zero-order valence-corrected chi connectivity index (χ0v) is 19.5. The molecule has 1 unspecified atom stereocenters. The van der Waals surface area contributed by atoms with Gasteiger partial charge in [0.25, 0.3) is 0 Å². The Hall–Kier alpha value is -3.19. The van der Waals surface area contributed by atoms with Crippen LogP contribution in [0.4, 0.5) is 0 Å². The minimum atomic E-state index is -3.63. The van der Waals surface area contributed by atoms with Crippen molar-refractivity contribution in [3.8, 4) is 6.07 Å². The second-order valence-electron chi connectivity index (χ2n) is 8.18. The molecule has 8 nitrogen and oxygen atoms in total. The van der Waals surface area contributed by atoms with Crippen LogP contribution in [0.1, 0.15) is 24.3 Å². The van der Waals surface area contributed by atoms with Crippen LogP contribution in [-0.4, -0.2) is 68.2 Å². The van der Waals surface area contributed by atoms with Crippen molar-refractivity contribution in [3.63, 3.8) is 0 Å². The van der Waals surface area contributed by atoms with E-state index in [1.54, 1.807) is 11.9 Å². The van der Waals surface area contributed by atoms with Crippen LogP contribution in [0.15, 0.2) is 63.9 Å². The van der Waals surface area contributed by atoms with Gasteiger partial charge in [-0.2, -0.15) is 9.57 Å². The molecule has 33 heavy (non-hydrogen) atoms. The number of sulfonamides is 1. The van der Waals surface area contributed by atoms with Crippen molar-refractivity contribution in [2.45, 2.75) is 17.9 Å². The van der Waals surface area contributed by atoms with Crippen LogP contribution in [0.3, 0.4) is 0 Å². The van der Waals surface area contributed by atoms with Crippen LogP contribution in [0.25, 0.3) is 11.0 Å². The number of para-hydroxylation sites is 1. The molecule has 0 radical (unpaired) electrons. The molecule has 1 amide bonds. The number of hydrogen-bond acceptors (Lipinski definition) is 6. The molecule has 9 heteroatoms. The van der Waals surface area contributed by atoms with E-state index in [1.807, 2.05) is 48.2 Å². The summed E-state index contributed by atoms with van der Waals surface area (Å²) in [6.07, 6.45) is 0. The predicted molar refractivity (Wildman–Crippen MR) is 124 cm³/mol. The lowest BCUT2D eigenvalue weighted by molar-refractivity contribution is -0.133. The molecule has 2 heterocycles. The molecule has 0 spiro atoms. The van der Waals surface area contributed by atoms with Gasteiger partial charge in [0, 0.05) is 38.6 Å². The fraction of sp³-hybridized carbons (Fsp3) is 0.333. The van der Waals surface area contributed by atoms with E-state index in [0.29, 0.717) is 31.7 Å². The third-order valence-electron chi connectivity index (χ3n) is 6.14. The van der Waals surface area contributed by atoms with E-state index in [1.165, 1.54) is 28.6 Å². The number of nitriles is 1. The molecule has 172 valence electrons. The fourth-order valence-corrected chi connectivity index (χ4v) is 5.32. The largest absolute Gasteiger partial charge is 0.459 e. The number of rotatable bonds is 6. The molecule has 3 aromatic rings. The van der Waals surface area contributed by atoms with Crippen molar-refractivity contribution in [3.05, 3.63) is 65.9 Å². The molecule has 1 aliphatic heterocycles. The summed E-state index contributed by atoms with van der Waals surface area (Å²) in [6, 6.07) is 17.4. The van der Waals surface area contributed by atoms with E-state index in [4.69, 9.17) is 9.68 Å². The third kappa shape index (κ3) is 4.78. The van der Waals surface area contributed by atoms with Crippen LogP contribution in [-0.2, 0) is 14.8 Å². The lowest BCUT2D eigenvalue weighted by Gasteiger charge is -2.34. The van der Waals surface area contributed by atoms with E-state index in [9.17, 15) is 13.2 Å². The molecule has 2 aromatic carbocycles. The molecular formula is C24H26N4O4S. The number of hydrogen-bond donors (Lipinski definition) is 0. The van der Waals surface area contributed by atoms with Gasteiger partial charge in [-0.25, -0.2) is 8.42 Å². The minimum Gasteiger partial charge on any atom is -0.459 e. The van der Waals surface area contributed by atoms with Crippen molar-refractivity contribution in [2.24, 2.45) is 0 Å². The van der Waals surface area contributed by atoms with E-state index in [0.717, 1.165) is 16.7 Å². The molecule has 1 fully saturated rings. The van der Waals surface area contributed by atoms with Gasteiger partial charge < -0.3 is 9.32 Å². The average molecular weight is 467 g/mol. The first-order valence-corrected chi connectivity index (χ1v) is 12.2. The molecule has 0 aliphatic carbocycles. The lowest BCUT2D eigenvalue weighted by Crippen LogP contribution is -2.51. The van der Waals surface area contributed by atoms with Gasteiger partial charge in [-0.15, -0.1) is 0 Å². The van der Waals surface area contributed by atoms with Gasteiger partial charge in [-0.05, 0) is 43.3 Å². The van der Waals surface area contributed by atoms with Gasteiger partial charge in [0.15, 0.2) is 0 Å². The number of piperazine rings is 1. The Kier molecular flexibility index (Phi) is 6.51.